The second-order valence-electron chi connectivity index (χ2n) is 6.24. The topological polar surface area (TPSA) is 85.7 Å². The largest absolute Gasteiger partial charge is 0.310 e. The van der Waals surface area contributed by atoms with Crippen molar-refractivity contribution in [2.24, 2.45) is 0 Å². The van der Waals surface area contributed by atoms with Gasteiger partial charge in [-0.1, -0.05) is 23.9 Å². The van der Waals surface area contributed by atoms with E-state index in [9.17, 15) is 4.79 Å². The lowest BCUT2D eigenvalue weighted by molar-refractivity contribution is -0.116. The summed E-state index contributed by atoms with van der Waals surface area (Å²) in [4.78, 5) is 18.9. The maximum Gasteiger partial charge on any atom is 0.237 e. The molecule has 0 aliphatic heterocycles. The standard InChI is InChI=1S/C18H21N5OS/c1-12-5-3-6-15(13(12)2)23(10-4-9-19)16(24)11-25-18-20-17(21-22-18)14-7-8-14/h3,5-6,14H,4,7-8,10-11H2,1-2H3,(H,20,21,22). The van der Waals surface area contributed by atoms with Crippen LogP contribution in [0.5, 0.6) is 0 Å². The molecule has 0 saturated heterocycles. The Labute approximate surface area is 151 Å². The Bertz CT molecular complexity index is 806. The minimum atomic E-state index is -0.0354. The molecule has 1 aliphatic rings. The number of rotatable bonds is 7. The smallest absolute Gasteiger partial charge is 0.237 e. The fraction of sp³-hybridized carbons (Fsp3) is 0.444. The highest BCUT2D eigenvalue weighted by molar-refractivity contribution is 7.99. The third kappa shape index (κ3) is 4.20. The van der Waals surface area contributed by atoms with E-state index in [0.29, 0.717) is 24.0 Å². The third-order valence-corrected chi connectivity index (χ3v) is 5.22. The lowest BCUT2D eigenvalue weighted by Crippen LogP contribution is -2.34. The molecule has 0 unspecified atom stereocenters. The van der Waals surface area contributed by atoms with Crippen molar-refractivity contribution in [2.75, 3.05) is 17.2 Å². The summed E-state index contributed by atoms with van der Waals surface area (Å²) in [7, 11) is 0. The van der Waals surface area contributed by atoms with Crippen LogP contribution in [0.15, 0.2) is 23.4 Å². The molecule has 0 atom stereocenters. The van der Waals surface area contributed by atoms with Crippen molar-refractivity contribution in [1.82, 2.24) is 15.2 Å². The van der Waals surface area contributed by atoms with Crippen LogP contribution in [-0.2, 0) is 4.79 Å². The zero-order chi connectivity index (χ0) is 17.8. The van der Waals surface area contributed by atoms with E-state index in [2.05, 4.69) is 21.3 Å². The number of thioether (sulfide) groups is 1. The number of aromatic amines is 1. The van der Waals surface area contributed by atoms with E-state index in [1.807, 2.05) is 32.0 Å². The van der Waals surface area contributed by atoms with Crippen LogP contribution >= 0.6 is 11.8 Å². The second kappa shape index (κ2) is 7.70. The monoisotopic (exact) mass is 355 g/mol. The lowest BCUT2D eigenvalue weighted by Gasteiger charge is -2.24. The Morgan fingerprint density at radius 1 is 1.44 bits per heavy atom. The van der Waals surface area contributed by atoms with Gasteiger partial charge in [-0.3, -0.25) is 9.89 Å². The van der Waals surface area contributed by atoms with Gasteiger partial charge >= 0.3 is 0 Å². The third-order valence-electron chi connectivity index (χ3n) is 4.39. The van der Waals surface area contributed by atoms with Crippen molar-refractivity contribution < 1.29 is 4.79 Å². The molecule has 1 saturated carbocycles. The quantitative estimate of drug-likeness (QED) is 0.770. The molecule has 1 heterocycles. The first-order valence-corrected chi connectivity index (χ1v) is 9.37. The maximum atomic E-state index is 12.8. The van der Waals surface area contributed by atoms with Gasteiger partial charge < -0.3 is 4.90 Å². The average Bonchev–Trinajstić information content (AvgIpc) is 3.35. The molecule has 3 rings (SSSR count). The fourth-order valence-corrected chi connectivity index (χ4v) is 3.32. The first kappa shape index (κ1) is 17.5. The highest BCUT2D eigenvalue weighted by Crippen LogP contribution is 2.38. The molecular formula is C18H21N5OS. The van der Waals surface area contributed by atoms with E-state index in [1.54, 1.807) is 4.90 Å². The SMILES string of the molecule is Cc1cccc(N(CCC#N)C(=O)CSc2n[nH]c(C3CC3)n2)c1C. The van der Waals surface area contributed by atoms with Crippen molar-refractivity contribution in [3.8, 4) is 6.07 Å². The summed E-state index contributed by atoms with van der Waals surface area (Å²) in [6.45, 7) is 4.41. The van der Waals surface area contributed by atoms with Gasteiger partial charge in [-0.05, 0) is 43.9 Å². The van der Waals surface area contributed by atoms with Crippen LogP contribution in [0.3, 0.4) is 0 Å². The van der Waals surface area contributed by atoms with Gasteiger partial charge in [0.15, 0.2) is 0 Å². The van der Waals surface area contributed by atoms with Gasteiger partial charge in [0, 0.05) is 18.2 Å². The van der Waals surface area contributed by atoms with Crippen molar-refractivity contribution >= 4 is 23.4 Å². The van der Waals surface area contributed by atoms with Crippen LogP contribution in [-0.4, -0.2) is 33.4 Å². The molecule has 0 bridgehead atoms. The minimum Gasteiger partial charge on any atom is -0.310 e. The number of hydrogen-bond donors (Lipinski definition) is 1. The number of anilines is 1. The van der Waals surface area contributed by atoms with Gasteiger partial charge in [-0.25, -0.2) is 4.98 Å². The molecular weight excluding hydrogens is 334 g/mol. The van der Waals surface area contributed by atoms with Gasteiger partial charge in [0.05, 0.1) is 18.2 Å². The van der Waals surface area contributed by atoms with Crippen LogP contribution in [0.1, 0.15) is 42.1 Å². The number of nitrogens with one attached hydrogen (secondary N) is 1. The predicted molar refractivity (Wildman–Crippen MR) is 97.6 cm³/mol. The molecule has 1 N–H and O–H groups in total. The Kier molecular flexibility index (Phi) is 5.39. The maximum absolute atomic E-state index is 12.8. The number of hydrogen-bond acceptors (Lipinski definition) is 5. The number of aromatic nitrogens is 3. The van der Waals surface area contributed by atoms with E-state index in [4.69, 9.17) is 5.26 Å². The van der Waals surface area contributed by atoms with Gasteiger partial charge in [-0.15, -0.1) is 5.10 Å². The molecule has 130 valence electrons. The van der Waals surface area contributed by atoms with Crippen LogP contribution < -0.4 is 4.90 Å². The molecule has 1 aromatic heterocycles. The van der Waals surface area contributed by atoms with Crippen LogP contribution in [0.4, 0.5) is 5.69 Å². The van der Waals surface area contributed by atoms with Crippen molar-refractivity contribution in [1.29, 1.82) is 5.26 Å². The first-order chi connectivity index (χ1) is 12.1. The summed E-state index contributed by atoms with van der Waals surface area (Å²) < 4.78 is 0. The van der Waals surface area contributed by atoms with Gasteiger partial charge in [0.25, 0.3) is 0 Å². The number of nitriles is 1. The molecule has 0 spiro atoms. The summed E-state index contributed by atoms with van der Waals surface area (Å²) in [6.07, 6.45) is 2.62. The average molecular weight is 355 g/mol. The number of carbonyl (C=O) groups is 1. The van der Waals surface area contributed by atoms with E-state index >= 15 is 0 Å². The molecule has 0 radical (unpaired) electrons. The molecule has 6 nitrogen and oxygen atoms in total. The van der Waals surface area contributed by atoms with Crippen LogP contribution in [0, 0.1) is 25.2 Å². The first-order valence-electron chi connectivity index (χ1n) is 8.38. The molecule has 1 aliphatic carbocycles. The zero-order valence-electron chi connectivity index (χ0n) is 14.5. The van der Waals surface area contributed by atoms with Crippen molar-refractivity contribution in [3.63, 3.8) is 0 Å². The van der Waals surface area contributed by atoms with E-state index < -0.39 is 0 Å². The minimum absolute atomic E-state index is 0.0354. The normalized spacial score (nSPS) is 13.5. The Morgan fingerprint density at radius 3 is 2.96 bits per heavy atom. The Hall–Kier alpha value is -2.33. The van der Waals surface area contributed by atoms with Gasteiger partial charge in [0.1, 0.15) is 5.82 Å². The molecule has 1 amide bonds. The summed E-state index contributed by atoms with van der Waals surface area (Å²) >= 11 is 1.33. The summed E-state index contributed by atoms with van der Waals surface area (Å²) in [5, 5.41) is 16.7. The molecule has 2 aromatic rings. The molecule has 25 heavy (non-hydrogen) atoms. The number of amides is 1. The summed E-state index contributed by atoms with van der Waals surface area (Å²) in [5.74, 6) is 1.65. The number of H-pyrrole nitrogens is 1. The van der Waals surface area contributed by atoms with Gasteiger partial charge in [0.2, 0.25) is 11.1 Å². The van der Waals surface area contributed by atoms with E-state index in [-0.39, 0.29) is 11.7 Å². The zero-order valence-corrected chi connectivity index (χ0v) is 15.3. The summed E-state index contributed by atoms with van der Waals surface area (Å²) in [5.41, 5.74) is 3.06. The number of aryl methyl sites for hydroxylation is 1. The Morgan fingerprint density at radius 2 is 2.24 bits per heavy atom. The van der Waals surface area contributed by atoms with E-state index in [1.165, 1.54) is 11.8 Å². The molecule has 1 fully saturated rings. The van der Waals surface area contributed by atoms with E-state index in [0.717, 1.165) is 35.5 Å². The van der Waals surface area contributed by atoms with Crippen molar-refractivity contribution in [3.05, 3.63) is 35.2 Å². The Balaban J connectivity index is 1.70. The number of carbonyl (C=O) groups excluding carboxylic acids is 1. The highest BCUT2D eigenvalue weighted by atomic mass is 32.2. The lowest BCUT2D eigenvalue weighted by atomic mass is 10.1. The van der Waals surface area contributed by atoms with Crippen LogP contribution in [0.25, 0.3) is 0 Å². The number of nitrogens with zero attached hydrogens (tertiary/aromatic N) is 4. The molecule has 7 heteroatoms. The highest BCUT2D eigenvalue weighted by Gasteiger charge is 2.27. The van der Waals surface area contributed by atoms with Crippen molar-refractivity contribution in [2.45, 2.75) is 44.2 Å². The second-order valence-corrected chi connectivity index (χ2v) is 7.18. The number of benzene rings is 1. The van der Waals surface area contributed by atoms with Crippen LogP contribution in [0.2, 0.25) is 0 Å². The van der Waals surface area contributed by atoms with Gasteiger partial charge in [-0.2, -0.15) is 5.26 Å². The predicted octanol–water partition coefficient (Wildman–Crippen LogP) is 3.34. The molecule has 1 aromatic carbocycles. The fourth-order valence-electron chi connectivity index (χ4n) is 2.64. The summed E-state index contributed by atoms with van der Waals surface area (Å²) in [6, 6.07) is 8.01.